The van der Waals surface area contributed by atoms with E-state index in [9.17, 15) is 9.59 Å². The van der Waals surface area contributed by atoms with E-state index in [2.05, 4.69) is 15.4 Å². The van der Waals surface area contributed by atoms with Crippen molar-refractivity contribution in [1.82, 2.24) is 20.1 Å². The Hall–Kier alpha value is -3.68. The molecule has 0 aliphatic heterocycles. The number of esters is 1. The Morgan fingerprint density at radius 3 is 2.61 bits per heavy atom. The molecule has 0 spiro atoms. The van der Waals surface area contributed by atoms with Gasteiger partial charge in [-0.25, -0.2) is 14.5 Å². The fourth-order valence-electron chi connectivity index (χ4n) is 2.60. The van der Waals surface area contributed by atoms with Crippen LogP contribution in [0.5, 0.6) is 5.75 Å². The van der Waals surface area contributed by atoms with E-state index in [1.807, 2.05) is 24.3 Å². The van der Waals surface area contributed by atoms with Crippen molar-refractivity contribution in [3.63, 3.8) is 0 Å². The zero-order chi connectivity index (χ0) is 19.8. The van der Waals surface area contributed by atoms with Crippen LogP contribution >= 0.6 is 0 Å². The molecule has 3 aromatic rings. The summed E-state index contributed by atoms with van der Waals surface area (Å²) in [7, 11) is 1.61. The molecule has 28 heavy (non-hydrogen) atoms. The number of carbonyl (C=O) groups excluding carboxylic acids is 2. The maximum Gasteiger partial charge on any atom is 0.338 e. The topological polar surface area (TPSA) is 95.3 Å². The van der Waals surface area contributed by atoms with Gasteiger partial charge in [-0.15, -0.1) is 0 Å². The zero-order valence-corrected chi connectivity index (χ0v) is 15.4. The molecule has 0 aliphatic rings. The van der Waals surface area contributed by atoms with Crippen LogP contribution in [0.25, 0.3) is 5.69 Å². The highest BCUT2D eigenvalue weighted by Crippen LogP contribution is 2.17. The third kappa shape index (κ3) is 4.94. The molecule has 0 saturated carbocycles. The van der Waals surface area contributed by atoms with E-state index < -0.39 is 5.97 Å². The van der Waals surface area contributed by atoms with Gasteiger partial charge < -0.3 is 14.8 Å². The summed E-state index contributed by atoms with van der Waals surface area (Å²) in [5.41, 5.74) is 2.11. The monoisotopic (exact) mass is 380 g/mol. The fourth-order valence-corrected chi connectivity index (χ4v) is 2.60. The van der Waals surface area contributed by atoms with Gasteiger partial charge in [-0.1, -0.05) is 18.2 Å². The molecule has 1 amide bonds. The summed E-state index contributed by atoms with van der Waals surface area (Å²) in [4.78, 5) is 27.8. The Morgan fingerprint density at radius 2 is 1.89 bits per heavy atom. The van der Waals surface area contributed by atoms with Crippen molar-refractivity contribution in [3.8, 4) is 11.4 Å². The molecule has 0 unspecified atom stereocenters. The van der Waals surface area contributed by atoms with Crippen molar-refractivity contribution < 1.29 is 19.1 Å². The Balaban J connectivity index is 1.43. The molecule has 8 nitrogen and oxygen atoms in total. The molecule has 1 heterocycles. The number of ether oxygens (including phenoxy) is 2. The normalized spacial score (nSPS) is 10.3. The average molecular weight is 380 g/mol. The molecule has 0 bridgehead atoms. The van der Waals surface area contributed by atoms with E-state index in [0.29, 0.717) is 18.5 Å². The van der Waals surface area contributed by atoms with E-state index in [1.54, 1.807) is 42.4 Å². The van der Waals surface area contributed by atoms with Crippen LogP contribution in [0.1, 0.15) is 15.9 Å². The number of carbonyl (C=O) groups is 2. The largest absolute Gasteiger partial charge is 0.496 e. The lowest BCUT2D eigenvalue weighted by atomic mass is 10.1. The Bertz CT molecular complexity index is 924. The lowest BCUT2D eigenvalue weighted by Crippen LogP contribution is -2.30. The van der Waals surface area contributed by atoms with E-state index in [1.165, 1.54) is 6.33 Å². The van der Waals surface area contributed by atoms with Crippen molar-refractivity contribution in [3.05, 3.63) is 72.3 Å². The molecule has 0 fully saturated rings. The molecule has 3 rings (SSSR count). The van der Waals surface area contributed by atoms with Gasteiger partial charge in [0.05, 0.1) is 18.4 Å². The highest BCUT2D eigenvalue weighted by Gasteiger charge is 2.11. The number of nitrogens with one attached hydrogen (secondary N) is 1. The first-order chi connectivity index (χ1) is 13.7. The van der Waals surface area contributed by atoms with Crippen LogP contribution in [0.3, 0.4) is 0 Å². The molecule has 0 saturated heterocycles. The number of hydrogen-bond acceptors (Lipinski definition) is 6. The smallest absolute Gasteiger partial charge is 0.338 e. The minimum atomic E-state index is -0.565. The van der Waals surface area contributed by atoms with Gasteiger partial charge in [0.2, 0.25) is 0 Å². The van der Waals surface area contributed by atoms with Crippen LogP contribution in [0.4, 0.5) is 0 Å². The fraction of sp³-hybridized carbons (Fsp3) is 0.200. The summed E-state index contributed by atoms with van der Waals surface area (Å²) in [6.45, 7) is 0.0823. The third-order valence-corrected chi connectivity index (χ3v) is 4.03. The quantitative estimate of drug-likeness (QED) is 0.599. The van der Waals surface area contributed by atoms with Crippen LogP contribution < -0.4 is 10.1 Å². The van der Waals surface area contributed by atoms with Crippen LogP contribution in [-0.2, 0) is 16.0 Å². The number of benzene rings is 2. The van der Waals surface area contributed by atoms with Crippen molar-refractivity contribution >= 4 is 11.9 Å². The van der Waals surface area contributed by atoms with E-state index >= 15 is 0 Å². The number of methoxy groups -OCH3 is 1. The average Bonchev–Trinajstić information content (AvgIpc) is 3.27. The molecule has 8 heteroatoms. The van der Waals surface area contributed by atoms with Crippen molar-refractivity contribution in [2.45, 2.75) is 6.42 Å². The van der Waals surface area contributed by atoms with Crippen molar-refractivity contribution in [2.24, 2.45) is 0 Å². The Labute approximate surface area is 162 Å². The van der Waals surface area contributed by atoms with Crippen LogP contribution in [0.15, 0.2) is 61.2 Å². The number of hydrogen-bond donors (Lipinski definition) is 1. The first-order valence-corrected chi connectivity index (χ1v) is 8.68. The summed E-state index contributed by atoms with van der Waals surface area (Å²) < 4.78 is 11.9. The lowest BCUT2D eigenvalue weighted by Gasteiger charge is -2.09. The van der Waals surface area contributed by atoms with Crippen LogP contribution in [-0.4, -0.2) is 46.9 Å². The number of amides is 1. The first kappa shape index (κ1) is 19.1. The first-order valence-electron chi connectivity index (χ1n) is 8.68. The van der Waals surface area contributed by atoms with Gasteiger partial charge in [0, 0.05) is 6.54 Å². The molecule has 1 N–H and O–H groups in total. The highest BCUT2D eigenvalue weighted by atomic mass is 16.5. The molecular formula is C20H20N4O4. The van der Waals surface area contributed by atoms with E-state index in [0.717, 1.165) is 17.0 Å². The molecule has 1 aromatic heterocycles. The minimum absolute atomic E-state index is 0.338. The van der Waals surface area contributed by atoms with E-state index in [4.69, 9.17) is 9.47 Å². The predicted octanol–water partition coefficient (Wildman–Crippen LogP) is 1.79. The van der Waals surface area contributed by atoms with Crippen molar-refractivity contribution in [1.29, 1.82) is 0 Å². The van der Waals surface area contributed by atoms with Gasteiger partial charge in [0.1, 0.15) is 18.4 Å². The summed E-state index contributed by atoms with van der Waals surface area (Å²) in [6, 6.07) is 14.3. The second-order valence-corrected chi connectivity index (χ2v) is 5.87. The van der Waals surface area contributed by atoms with Gasteiger partial charge in [-0.3, -0.25) is 4.79 Å². The maximum absolute atomic E-state index is 12.1. The van der Waals surface area contributed by atoms with Crippen LogP contribution in [0.2, 0.25) is 0 Å². The van der Waals surface area contributed by atoms with Crippen molar-refractivity contribution in [2.75, 3.05) is 20.3 Å². The summed E-state index contributed by atoms with van der Waals surface area (Å²) in [5.74, 6) is -0.148. The SMILES string of the molecule is COc1ccccc1CCNC(=O)COC(=O)c1ccc(-n2cncn2)cc1. The van der Waals surface area contributed by atoms with Gasteiger partial charge >= 0.3 is 5.97 Å². The highest BCUT2D eigenvalue weighted by molar-refractivity contribution is 5.91. The van der Waals surface area contributed by atoms with Gasteiger partial charge in [-0.2, -0.15) is 5.10 Å². The third-order valence-electron chi connectivity index (χ3n) is 4.03. The Kier molecular flexibility index (Phi) is 6.35. The number of rotatable bonds is 8. The number of para-hydroxylation sites is 1. The summed E-state index contributed by atoms with van der Waals surface area (Å²) in [6.07, 6.45) is 3.60. The second-order valence-electron chi connectivity index (χ2n) is 5.87. The number of nitrogens with zero attached hydrogens (tertiary/aromatic N) is 3. The maximum atomic E-state index is 12.1. The Morgan fingerprint density at radius 1 is 1.11 bits per heavy atom. The lowest BCUT2D eigenvalue weighted by molar-refractivity contribution is -0.124. The predicted molar refractivity (Wildman–Crippen MR) is 101 cm³/mol. The molecule has 0 atom stereocenters. The molecule has 144 valence electrons. The van der Waals surface area contributed by atoms with Gasteiger partial charge in [0.15, 0.2) is 6.61 Å². The van der Waals surface area contributed by atoms with Gasteiger partial charge in [-0.05, 0) is 42.3 Å². The van der Waals surface area contributed by atoms with E-state index in [-0.39, 0.29) is 12.5 Å². The minimum Gasteiger partial charge on any atom is -0.496 e. The summed E-state index contributed by atoms with van der Waals surface area (Å²) >= 11 is 0. The second kappa shape index (κ2) is 9.31. The molecule has 2 aromatic carbocycles. The van der Waals surface area contributed by atoms with Crippen LogP contribution in [0, 0.1) is 0 Å². The molecule has 0 aliphatic carbocycles. The zero-order valence-electron chi connectivity index (χ0n) is 15.4. The van der Waals surface area contributed by atoms with Gasteiger partial charge in [0.25, 0.3) is 5.91 Å². The molecule has 0 radical (unpaired) electrons. The summed E-state index contributed by atoms with van der Waals surface area (Å²) in [5, 5.41) is 6.74. The number of aromatic nitrogens is 3. The standard InChI is InChI=1S/C20H20N4O4/c1-27-18-5-3-2-4-15(18)10-11-22-19(25)12-28-20(26)16-6-8-17(9-7-16)24-14-21-13-23-24/h2-9,13-14H,10-12H2,1H3,(H,22,25). The molecular weight excluding hydrogens is 360 g/mol.